The lowest BCUT2D eigenvalue weighted by Crippen LogP contribution is -2.10. The third kappa shape index (κ3) is 2.20. The molecule has 0 fully saturated rings. The van der Waals surface area contributed by atoms with Crippen molar-refractivity contribution in [3.63, 3.8) is 0 Å². The largest absolute Gasteiger partial charge is 0.248 e. The number of pyridine rings is 1. The van der Waals surface area contributed by atoms with Gasteiger partial charge in [0.25, 0.3) is 0 Å². The molecule has 0 saturated carbocycles. The monoisotopic (exact) mass is 335 g/mol. The van der Waals surface area contributed by atoms with Gasteiger partial charge >= 0.3 is 0 Å². The highest BCUT2D eigenvalue weighted by molar-refractivity contribution is 6.14. The quantitative estimate of drug-likeness (QED) is 0.326. The lowest BCUT2D eigenvalue weighted by Gasteiger charge is -2.19. The fraction of sp³-hybridized carbons (Fsp3) is 0.160. The first-order valence-electron chi connectivity index (χ1n) is 9.17. The highest BCUT2D eigenvalue weighted by Crippen LogP contribution is 2.47. The van der Waals surface area contributed by atoms with Crippen LogP contribution < -0.4 is 0 Å². The summed E-state index contributed by atoms with van der Waals surface area (Å²) in [6.07, 6.45) is 0. The minimum absolute atomic E-state index is 0.128. The summed E-state index contributed by atoms with van der Waals surface area (Å²) >= 11 is 0. The average Bonchev–Trinajstić information content (AvgIpc) is 2.97. The molecule has 0 unspecified atom stereocenters. The summed E-state index contributed by atoms with van der Waals surface area (Å²) in [7, 11) is 0. The second-order valence-corrected chi connectivity index (χ2v) is 8.13. The number of rotatable bonds is 1. The van der Waals surface area contributed by atoms with Crippen LogP contribution in [0.5, 0.6) is 0 Å². The smallest absolute Gasteiger partial charge is 0.0722 e. The van der Waals surface area contributed by atoms with Crippen LogP contribution in [0, 0.1) is 0 Å². The second-order valence-electron chi connectivity index (χ2n) is 8.13. The van der Waals surface area contributed by atoms with E-state index in [0.29, 0.717) is 0 Å². The molecule has 5 rings (SSSR count). The normalized spacial score (nSPS) is 12.4. The molecular formula is C25H21N. The van der Waals surface area contributed by atoms with E-state index in [-0.39, 0.29) is 5.41 Å². The van der Waals surface area contributed by atoms with Crippen LogP contribution in [0.15, 0.2) is 72.8 Å². The van der Waals surface area contributed by atoms with Crippen LogP contribution in [0.25, 0.3) is 44.4 Å². The predicted octanol–water partition coefficient (Wildman–Crippen LogP) is 6.85. The molecule has 0 saturated heterocycles. The summed E-state index contributed by atoms with van der Waals surface area (Å²) in [5.41, 5.74) is 10.0. The van der Waals surface area contributed by atoms with Gasteiger partial charge in [-0.05, 0) is 51.4 Å². The SMILES string of the molecule is CC(C)(C)c1cccc(-c2cc3c4c(cccc4n2)-c2ccccc2-3)c1. The van der Waals surface area contributed by atoms with Crippen molar-refractivity contribution in [2.45, 2.75) is 26.2 Å². The zero-order chi connectivity index (χ0) is 17.9. The lowest BCUT2D eigenvalue weighted by atomic mass is 9.86. The van der Waals surface area contributed by atoms with Gasteiger partial charge in [0.05, 0.1) is 11.2 Å². The number of aromatic nitrogens is 1. The Kier molecular flexibility index (Phi) is 3.12. The summed E-state index contributed by atoms with van der Waals surface area (Å²) in [6.45, 7) is 6.76. The van der Waals surface area contributed by atoms with Crippen molar-refractivity contribution in [1.82, 2.24) is 4.98 Å². The van der Waals surface area contributed by atoms with Crippen molar-refractivity contribution in [3.8, 4) is 33.5 Å². The molecular weight excluding hydrogens is 314 g/mol. The van der Waals surface area contributed by atoms with Crippen molar-refractivity contribution < 1.29 is 0 Å². The summed E-state index contributed by atoms with van der Waals surface area (Å²) in [4.78, 5) is 5.01. The molecule has 0 radical (unpaired) electrons. The molecule has 1 heterocycles. The van der Waals surface area contributed by atoms with E-state index in [1.165, 1.54) is 38.8 Å². The zero-order valence-corrected chi connectivity index (χ0v) is 15.4. The van der Waals surface area contributed by atoms with E-state index in [2.05, 4.69) is 93.6 Å². The number of benzene rings is 3. The molecule has 0 N–H and O–H groups in total. The fourth-order valence-electron chi connectivity index (χ4n) is 3.97. The van der Waals surface area contributed by atoms with Crippen molar-refractivity contribution >= 4 is 10.9 Å². The summed E-state index contributed by atoms with van der Waals surface area (Å²) in [5, 5.41) is 1.28. The van der Waals surface area contributed by atoms with Gasteiger partial charge < -0.3 is 0 Å². The van der Waals surface area contributed by atoms with E-state index < -0.39 is 0 Å². The van der Waals surface area contributed by atoms with Crippen LogP contribution in [-0.4, -0.2) is 4.98 Å². The number of hydrogen-bond donors (Lipinski definition) is 0. The fourth-order valence-corrected chi connectivity index (χ4v) is 3.97. The van der Waals surface area contributed by atoms with Crippen molar-refractivity contribution in [1.29, 1.82) is 0 Å². The number of hydrogen-bond acceptors (Lipinski definition) is 1. The third-order valence-corrected chi connectivity index (χ3v) is 5.37. The first kappa shape index (κ1) is 15.3. The van der Waals surface area contributed by atoms with E-state index >= 15 is 0 Å². The minimum Gasteiger partial charge on any atom is -0.248 e. The first-order valence-corrected chi connectivity index (χ1v) is 9.17. The van der Waals surface area contributed by atoms with Crippen LogP contribution in [0.4, 0.5) is 0 Å². The molecule has 3 aromatic carbocycles. The van der Waals surface area contributed by atoms with Gasteiger partial charge in [-0.1, -0.05) is 75.4 Å². The lowest BCUT2D eigenvalue weighted by molar-refractivity contribution is 0.590. The summed E-state index contributed by atoms with van der Waals surface area (Å²) in [6, 6.07) is 26.2. The van der Waals surface area contributed by atoms with Crippen LogP contribution in [0.2, 0.25) is 0 Å². The number of nitrogens with zero attached hydrogens (tertiary/aromatic N) is 1. The van der Waals surface area contributed by atoms with Gasteiger partial charge in [0.1, 0.15) is 0 Å². The van der Waals surface area contributed by atoms with Crippen LogP contribution >= 0.6 is 0 Å². The Bertz CT molecular complexity index is 1160. The highest BCUT2D eigenvalue weighted by Gasteiger charge is 2.22. The molecule has 26 heavy (non-hydrogen) atoms. The third-order valence-electron chi connectivity index (χ3n) is 5.37. The maximum Gasteiger partial charge on any atom is 0.0722 e. The Labute approximate surface area is 154 Å². The van der Waals surface area contributed by atoms with Crippen LogP contribution in [0.3, 0.4) is 0 Å². The Morgan fingerprint density at radius 2 is 1.35 bits per heavy atom. The molecule has 1 aliphatic carbocycles. The maximum absolute atomic E-state index is 5.01. The van der Waals surface area contributed by atoms with Gasteiger partial charge in [-0.15, -0.1) is 0 Å². The van der Waals surface area contributed by atoms with Crippen molar-refractivity contribution in [2.24, 2.45) is 0 Å². The topological polar surface area (TPSA) is 12.9 Å². The molecule has 1 nitrogen and oxygen atoms in total. The van der Waals surface area contributed by atoms with Gasteiger partial charge in [-0.3, -0.25) is 0 Å². The molecule has 126 valence electrons. The van der Waals surface area contributed by atoms with Gasteiger partial charge in [-0.2, -0.15) is 0 Å². The Balaban J connectivity index is 1.78. The minimum atomic E-state index is 0.128. The van der Waals surface area contributed by atoms with E-state index in [9.17, 15) is 0 Å². The molecule has 1 aromatic heterocycles. The molecule has 0 bridgehead atoms. The van der Waals surface area contributed by atoms with Crippen LogP contribution in [0.1, 0.15) is 26.3 Å². The summed E-state index contributed by atoms with van der Waals surface area (Å²) < 4.78 is 0. The molecule has 0 spiro atoms. The maximum atomic E-state index is 5.01. The standard InChI is InChI=1S/C25H21N/c1-25(2,3)17-9-6-8-16(14-17)23-15-21-19-11-5-4-10-18(19)20-12-7-13-22(26-23)24(20)21/h4-15H,1-3H3. The van der Waals surface area contributed by atoms with Crippen LogP contribution in [-0.2, 0) is 5.41 Å². The summed E-state index contributed by atoms with van der Waals surface area (Å²) in [5.74, 6) is 0. The van der Waals surface area contributed by atoms with Gasteiger partial charge in [0.15, 0.2) is 0 Å². The second kappa shape index (κ2) is 5.28. The van der Waals surface area contributed by atoms with E-state index in [4.69, 9.17) is 4.98 Å². The molecule has 1 aliphatic rings. The molecule has 4 aromatic rings. The van der Waals surface area contributed by atoms with E-state index in [1.54, 1.807) is 0 Å². The van der Waals surface area contributed by atoms with E-state index in [0.717, 1.165) is 11.2 Å². The Morgan fingerprint density at radius 1 is 0.654 bits per heavy atom. The van der Waals surface area contributed by atoms with Gasteiger partial charge in [-0.25, -0.2) is 4.98 Å². The molecule has 0 amide bonds. The molecule has 0 atom stereocenters. The predicted molar refractivity (Wildman–Crippen MR) is 110 cm³/mol. The van der Waals surface area contributed by atoms with Gasteiger partial charge in [0, 0.05) is 10.9 Å². The highest BCUT2D eigenvalue weighted by atomic mass is 14.7. The Morgan fingerprint density at radius 3 is 2.12 bits per heavy atom. The number of fused-ring (bicyclic) bond motifs is 3. The van der Waals surface area contributed by atoms with Crippen molar-refractivity contribution in [3.05, 3.63) is 78.4 Å². The zero-order valence-electron chi connectivity index (χ0n) is 15.4. The first-order chi connectivity index (χ1) is 12.5. The van der Waals surface area contributed by atoms with Gasteiger partial charge in [0.2, 0.25) is 0 Å². The van der Waals surface area contributed by atoms with Crippen molar-refractivity contribution in [2.75, 3.05) is 0 Å². The molecule has 1 heteroatoms. The van der Waals surface area contributed by atoms with E-state index in [1.807, 2.05) is 0 Å². The average molecular weight is 335 g/mol. The molecule has 0 aliphatic heterocycles. The Hall–Kier alpha value is -2.93.